The van der Waals surface area contributed by atoms with E-state index in [9.17, 15) is 0 Å². The van der Waals surface area contributed by atoms with Crippen molar-refractivity contribution in [3.05, 3.63) is 18.2 Å². The number of hydrogen-bond acceptors (Lipinski definition) is 4. The second-order valence-corrected chi connectivity index (χ2v) is 5.67. The number of anilines is 1. The highest BCUT2D eigenvalue weighted by Crippen LogP contribution is 2.34. The van der Waals surface area contributed by atoms with Crippen molar-refractivity contribution in [2.24, 2.45) is 0 Å². The lowest BCUT2D eigenvalue weighted by atomic mass is 10.1. The van der Waals surface area contributed by atoms with Crippen LogP contribution in [0.3, 0.4) is 0 Å². The fraction of sp³-hybridized carbons (Fsp3) is 0.538. The number of methoxy groups -OCH3 is 2. The Kier molecular flexibility index (Phi) is 4.05. The van der Waals surface area contributed by atoms with Crippen molar-refractivity contribution in [1.29, 1.82) is 0 Å². The van der Waals surface area contributed by atoms with E-state index in [2.05, 4.69) is 12.2 Å². The molecule has 2 unspecified atom stereocenters. The molecule has 1 heterocycles. The van der Waals surface area contributed by atoms with Gasteiger partial charge < -0.3 is 14.8 Å². The van der Waals surface area contributed by atoms with E-state index in [1.165, 1.54) is 12.2 Å². The third-order valence-electron chi connectivity index (χ3n) is 3.13. The van der Waals surface area contributed by atoms with Gasteiger partial charge in [-0.2, -0.15) is 11.8 Å². The van der Waals surface area contributed by atoms with Gasteiger partial charge in [0.25, 0.3) is 0 Å². The van der Waals surface area contributed by atoms with Crippen LogP contribution in [0.2, 0.25) is 0 Å². The molecule has 1 aliphatic rings. The zero-order valence-electron chi connectivity index (χ0n) is 10.5. The number of ether oxygens (including phenoxy) is 2. The van der Waals surface area contributed by atoms with Crippen molar-refractivity contribution in [3.63, 3.8) is 0 Å². The number of benzene rings is 1. The second kappa shape index (κ2) is 5.54. The van der Waals surface area contributed by atoms with Gasteiger partial charge in [0, 0.05) is 17.4 Å². The van der Waals surface area contributed by atoms with E-state index in [1.54, 1.807) is 14.2 Å². The average Bonchev–Trinajstić information content (AvgIpc) is 2.75. The van der Waals surface area contributed by atoms with Gasteiger partial charge in [-0.15, -0.1) is 0 Å². The monoisotopic (exact) mass is 253 g/mol. The van der Waals surface area contributed by atoms with Crippen molar-refractivity contribution in [1.82, 2.24) is 0 Å². The Morgan fingerprint density at radius 1 is 1.29 bits per heavy atom. The van der Waals surface area contributed by atoms with Crippen LogP contribution in [0.25, 0.3) is 0 Å². The van der Waals surface area contributed by atoms with Crippen molar-refractivity contribution < 1.29 is 9.47 Å². The van der Waals surface area contributed by atoms with Gasteiger partial charge in [0.2, 0.25) is 0 Å². The van der Waals surface area contributed by atoms with Crippen molar-refractivity contribution in [3.8, 4) is 11.5 Å². The molecule has 0 radical (unpaired) electrons. The summed E-state index contributed by atoms with van der Waals surface area (Å²) in [6.45, 7) is 2.27. The summed E-state index contributed by atoms with van der Waals surface area (Å²) in [5, 5.41) is 4.21. The Bertz CT molecular complexity index is 384. The van der Waals surface area contributed by atoms with E-state index in [0.717, 1.165) is 17.2 Å². The Morgan fingerprint density at radius 2 is 2.12 bits per heavy atom. The number of thioether (sulfide) groups is 1. The van der Waals surface area contributed by atoms with Gasteiger partial charge >= 0.3 is 0 Å². The van der Waals surface area contributed by atoms with Crippen LogP contribution < -0.4 is 14.8 Å². The Balaban J connectivity index is 2.14. The number of rotatable bonds is 4. The average molecular weight is 253 g/mol. The van der Waals surface area contributed by atoms with Gasteiger partial charge in [-0.25, -0.2) is 0 Å². The fourth-order valence-corrected chi connectivity index (χ4v) is 3.24. The highest BCUT2D eigenvalue weighted by atomic mass is 32.2. The Morgan fingerprint density at radius 3 is 2.71 bits per heavy atom. The summed E-state index contributed by atoms with van der Waals surface area (Å²) in [6.07, 6.45) is 1.21. The molecule has 2 atom stereocenters. The molecule has 1 saturated heterocycles. The van der Waals surface area contributed by atoms with Crippen LogP contribution in [0, 0.1) is 0 Å². The van der Waals surface area contributed by atoms with Crippen LogP contribution in [0.15, 0.2) is 18.2 Å². The van der Waals surface area contributed by atoms with Crippen molar-refractivity contribution in [2.75, 3.05) is 25.3 Å². The normalized spacial score (nSPS) is 23.5. The van der Waals surface area contributed by atoms with E-state index in [4.69, 9.17) is 9.47 Å². The molecule has 0 amide bonds. The van der Waals surface area contributed by atoms with E-state index < -0.39 is 0 Å². The first-order chi connectivity index (χ1) is 8.24. The SMILES string of the molecule is COc1ccc(NC2CCSC2C)c(OC)c1. The molecular weight excluding hydrogens is 234 g/mol. The van der Waals surface area contributed by atoms with Crippen LogP contribution in [-0.2, 0) is 0 Å². The van der Waals surface area contributed by atoms with E-state index in [-0.39, 0.29) is 0 Å². The molecule has 0 aromatic heterocycles. The predicted octanol–water partition coefficient (Wildman–Crippen LogP) is 3.01. The maximum atomic E-state index is 5.38. The third-order valence-corrected chi connectivity index (χ3v) is 4.45. The van der Waals surface area contributed by atoms with Crippen LogP contribution in [-0.4, -0.2) is 31.3 Å². The topological polar surface area (TPSA) is 30.5 Å². The molecule has 17 heavy (non-hydrogen) atoms. The van der Waals surface area contributed by atoms with Crippen LogP contribution in [0.5, 0.6) is 11.5 Å². The van der Waals surface area contributed by atoms with Crippen LogP contribution in [0.4, 0.5) is 5.69 Å². The molecule has 94 valence electrons. The molecule has 0 bridgehead atoms. The molecule has 1 aromatic carbocycles. The van der Waals surface area contributed by atoms with Gasteiger partial charge in [-0.3, -0.25) is 0 Å². The first kappa shape index (κ1) is 12.4. The lowest BCUT2D eigenvalue weighted by Crippen LogP contribution is -2.24. The molecule has 0 saturated carbocycles. The highest BCUT2D eigenvalue weighted by Gasteiger charge is 2.24. The van der Waals surface area contributed by atoms with E-state index in [0.29, 0.717) is 11.3 Å². The van der Waals surface area contributed by atoms with Crippen molar-refractivity contribution >= 4 is 17.4 Å². The van der Waals surface area contributed by atoms with Gasteiger partial charge in [0.15, 0.2) is 0 Å². The smallest absolute Gasteiger partial charge is 0.145 e. The summed E-state index contributed by atoms with van der Waals surface area (Å²) in [7, 11) is 3.35. The first-order valence-electron chi connectivity index (χ1n) is 5.84. The fourth-order valence-electron chi connectivity index (χ4n) is 2.04. The zero-order chi connectivity index (χ0) is 12.3. The van der Waals surface area contributed by atoms with Gasteiger partial charge in [0.05, 0.1) is 19.9 Å². The maximum absolute atomic E-state index is 5.38. The molecule has 1 fully saturated rings. The van der Waals surface area contributed by atoms with Crippen molar-refractivity contribution in [2.45, 2.75) is 24.6 Å². The molecule has 1 N–H and O–H groups in total. The van der Waals surface area contributed by atoms with Gasteiger partial charge in [-0.05, 0) is 24.3 Å². The van der Waals surface area contributed by atoms with Crippen LogP contribution >= 0.6 is 11.8 Å². The Labute approximate surface area is 107 Å². The minimum Gasteiger partial charge on any atom is -0.497 e. The Hall–Kier alpha value is -1.03. The maximum Gasteiger partial charge on any atom is 0.145 e. The summed E-state index contributed by atoms with van der Waals surface area (Å²) >= 11 is 2.02. The van der Waals surface area contributed by atoms with Crippen LogP contribution in [0.1, 0.15) is 13.3 Å². The number of nitrogens with one attached hydrogen (secondary N) is 1. The first-order valence-corrected chi connectivity index (χ1v) is 6.89. The van der Waals surface area contributed by atoms with E-state index in [1.807, 2.05) is 30.0 Å². The molecule has 4 heteroatoms. The highest BCUT2D eigenvalue weighted by molar-refractivity contribution is 8.00. The quantitative estimate of drug-likeness (QED) is 0.893. The summed E-state index contributed by atoms with van der Waals surface area (Å²) < 4.78 is 10.6. The second-order valence-electron chi connectivity index (χ2n) is 4.18. The lowest BCUT2D eigenvalue weighted by Gasteiger charge is -2.20. The molecule has 1 aromatic rings. The minimum atomic E-state index is 0.530. The minimum absolute atomic E-state index is 0.530. The third kappa shape index (κ3) is 2.80. The predicted molar refractivity (Wildman–Crippen MR) is 73.5 cm³/mol. The molecular formula is C13H19NO2S. The molecule has 1 aliphatic heterocycles. The molecule has 0 spiro atoms. The summed E-state index contributed by atoms with van der Waals surface area (Å²) in [5.74, 6) is 2.90. The lowest BCUT2D eigenvalue weighted by molar-refractivity contribution is 0.395. The standard InChI is InChI=1S/C13H19NO2S/c1-9-11(6-7-17-9)14-12-5-4-10(15-2)8-13(12)16-3/h4-5,8-9,11,14H,6-7H2,1-3H3. The molecule has 3 nitrogen and oxygen atoms in total. The zero-order valence-corrected chi connectivity index (χ0v) is 11.3. The molecule has 0 aliphatic carbocycles. The molecule has 2 rings (SSSR count). The summed E-state index contributed by atoms with van der Waals surface area (Å²) in [6, 6.07) is 6.42. The van der Waals surface area contributed by atoms with E-state index >= 15 is 0 Å². The number of hydrogen-bond donors (Lipinski definition) is 1. The summed E-state index contributed by atoms with van der Waals surface area (Å²) in [5.41, 5.74) is 1.05. The largest absolute Gasteiger partial charge is 0.497 e. The van der Waals surface area contributed by atoms with Gasteiger partial charge in [0.1, 0.15) is 11.5 Å². The summed E-state index contributed by atoms with van der Waals surface area (Å²) in [4.78, 5) is 0. The van der Waals surface area contributed by atoms with Gasteiger partial charge in [-0.1, -0.05) is 6.92 Å².